The van der Waals surface area contributed by atoms with Crippen molar-refractivity contribution in [1.82, 2.24) is 0 Å². The van der Waals surface area contributed by atoms with Crippen LogP contribution in [0.4, 0.5) is 0 Å². The molecule has 0 aromatic heterocycles. The molecule has 0 bridgehead atoms. The molecule has 0 amide bonds. The van der Waals surface area contributed by atoms with Crippen LogP contribution in [0.3, 0.4) is 0 Å². The lowest BCUT2D eigenvalue weighted by atomic mass is 9.75. The van der Waals surface area contributed by atoms with E-state index in [9.17, 15) is 0 Å². The van der Waals surface area contributed by atoms with Crippen LogP contribution < -0.4 is 5.73 Å². The standard InChI is InChI=1S/C15H29NO/c1-11(2)12(3)14(16)13-6-9-17-15(10-13)7-4-5-8-15/h11-14H,4-10,16H2,1-3H3. The van der Waals surface area contributed by atoms with Crippen LogP contribution in [0.1, 0.15) is 59.3 Å². The van der Waals surface area contributed by atoms with E-state index in [2.05, 4.69) is 20.8 Å². The Morgan fingerprint density at radius 2 is 1.82 bits per heavy atom. The Kier molecular flexibility index (Phi) is 4.14. The zero-order valence-electron chi connectivity index (χ0n) is 11.7. The van der Waals surface area contributed by atoms with Crippen molar-refractivity contribution in [1.29, 1.82) is 0 Å². The Hall–Kier alpha value is -0.0800. The van der Waals surface area contributed by atoms with Gasteiger partial charge in [0.2, 0.25) is 0 Å². The van der Waals surface area contributed by atoms with Crippen LogP contribution in [0.2, 0.25) is 0 Å². The molecule has 1 saturated heterocycles. The smallest absolute Gasteiger partial charge is 0.0685 e. The molecule has 100 valence electrons. The van der Waals surface area contributed by atoms with E-state index in [4.69, 9.17) is 10.5 Å². The Labute approximate surface area is 106 Å². The van der Waals surface area contributed by atoms with Crippen LogP contribution in [0, 0.1) is 17.8 Å². The van der Waals surface area contributed by atoms with E-state index in [1.807, 2.05) is 0 Å². The van der Waals surface area contributed by atoms with E-state index in [0.717, 1.165) is 6.61 Å². The molecule has 2 rings (SSSR count). The third-order valence-corrected chi connectivity index (χ3v) is 5.25. The van der Waals surface area contributed by atoms with E-state index in [1.54, 1.807) is 0 Å². The number of hydrogen-bond donors (Lipinski definition) is 1. The molecule has 2 fully saturated rings. The molecule has 0 aromatic carbocycles. The molecule has 17 heavy (non-hydrogen) atoms. The maximum atomic E-state index is 6.49. The van der Waals surface area contributed by atoms with Gasteiger partial charge in [0.1, 0.15) is 0 Å². The van der Waals surface area contributed by atoms with Gasteiger partial charge in [-0.1, -0.05) is 33.6 Å². The van der Waals surface area contributed by atoms with E-state index >= 15 is 0 Å². The summed E-state index contributed by atoms with van der Waals surface area (Å²) in [6.45, 7) is 7.82. The molecule has 2 nitrogen and oxygen atoms in total. The van der Waals surface area contributed by atoms with Crippen molar-refractivity contribution in [3.63, 3.8) is 0 Å². The lowest BCUT2D eigenvalue weighted by Crippen LogP contribution is -2.47. The molecule has 1 aliphatic heterocycles. The maximum absolute atomic E-state index is 6.49. The summed E-state index contributed by atoms with van der Waals surface area (Å²) in [5, 5.41) is 0. The summed E-state index contributed by atoms with van der Waals surface area (Å²) in [6, 6.07) is 0.358. The molecule has 1 heterocycles. The van der Waals surface area contributed by atoms with Crippen molar-refractivity contribution in [3.8, 4) is 0 Å². The van der Waals surface area contributed by atoms with E-state index in [-0.39, 0.29) is 5.60 Å². The van der Waals surface area contributed by atoms with Gasteiger partial charge in [0.25, 0.3) is 0 Å². The zero-order valence-corrected chi connectivity index (χ0v) is 11.7. The molecule has 3 unspecified atom stereocenters. The Morgan fingerprint density at radius 1 is 1.18 bits per heavy atom. The van der Waals surface area contributed by atoms with Gasteiger partial charge >= 0.3 is 0 Å². The predicted octanol–water partition coefficient (Wildman–Crippen LogP) is 3.35. The fourth-order valence-corrected chi connectivity index (χ4v) is 3.64. The Balaban J connectivity index is 1.97. The number of hydrogen-bond acceptors (Lipinski definition) is 2. The van der Waals surface area contributed by atoms with Gasteiger partial charge in [0, 0.05) is 12.6 Å². The van der Waals surface area contributed by atoms with Crippen LogP contribution in [0.15, 0.2) is 0 Å². The minimum absolute atomic E-state index is 0.219. The predicted molar refractivity (Wildman–Crippen MR) is 71.9 cm³/mol. The van der Waals surface area contributed by atoms with Crippen molar-refractivity contribution < 1.29 is 4.74 Å². The van der Waals surface area contributed by atoms with Crippen LogP contribution in [0.25, 0.3) is 0 Å². The summed E-state index contributed by atoms with van der Waals surface area (Å²) < 4.78 is 6.09. The molecule has 2 N–H and O–H groups in total. The van der Waals surface area contributed by atoms with Gasteiger partial charge in [-0.2, -0.15) is 0 Å². The minimum Gasteiger partial charge on any atom is -0.375 e. The van der Waals surface area contributed by atoms with E-state index < -0.39 is 0 Å². The Bertz CT molecular complexity index is 245. The zero-order chi connectivity index (χ0) is 12.5. The van der Waals surface area contributed by atoms with Gasteiger partial charge in [-0.25, -0.2) is 0 Å². The summed E-state index contributed by atoms with van der Waals surface area (Å²) in [4.78, 5) is 0. The first-order chi connectivity index (χ1) is 8.04. The SMILES string of the molecule is CC(C)C(C)C(N)C1CCOC2(CCCC2)C1. The van der Waals surface area contributed by atoms with Gasteiger partial charge in [0.05, 0.1) is 5.60 Å². The number of ether oxygens (including phenoxy) is 1. The highest BCUT2D eigenvalue weighted by Gasteiger charge is 2.42. The molecular formula is C15H29NO. The van der Waals surface area contributed by atoms with Crippen LogP contribution in [-0.4, -0.2) is 18.2 Å². The third-order valence-electron chi connectivity index (χ3n) is 5.25. The highest BCUT2D eigenvalue weighted by molar-refractivity contribution is 4.94. The fourth-order valence-electron chi connectivity index (χ4n) is 3.64. The van der Waals surface area contributed by atoms with E-state index in [0.29, 0.717) is 23.8 Å². The molecule has 0 aromatic rings. The first-order valence-corrected chi connectivity index (χ1v) is 7.44. The summed E-state index contributed by atoms with van der Waals surface area (Å²) in [5.41, 5.74) is 6.71. The molecule has 1 aliphatic carbocycles. The minimum atomic E-state index is 0.219. The van der Waals surface area contributed by atoms with Crippen molar-refractivity contribution >= 4 is 0 Å². The highest BCUT2D eigenvalue weighted by atomic mass is 16.5. The molecule has 3 atom stereocenters. The van der Waals surface area contributed by atoms with Gasteiger partial charge in [-0.3, -0.25) is 0 Å². The highest BCUT2D eigenvalue weighted by Crippen LogP contribution is 2.43. The largest absolute Gasteiger partial charge is 0.375 e. The molecule has 2 heteroatoms. The van der Waals surface area contributed by atoms with E-state index in [1.165, 1.54) is 38.5 Å². The van der Waals surface area contributed by atoms with Crippen molar-refractivity contribution in [3.05, 3.63) is 0 Å². The lowest BCUT2D eigenvalue weighted by Gasteiger charge is -2.42. The summed E-state index contributed by atoms with van der Waals surface area (Å²) in [6.07, 6.45) is 7.62. The number of nitrogens with two attached hydrogens (primary N) is 1. The van der Waals surface area contributed by atoms with Crippen LogP contribution in [-0.2, 0) is 4.74 Å². The van der Waals surface area contributed by atoms with Gasteiger partial charge < -0.3 is 10.5 Å². The second-order valence-electron chi connectivity index (χ2n) is 6.67. The van der Waals surface area contributed by atoms with Crippen molar-refractivity contribution in [2.75, 3.05) is 6.61 Å². The third kappa shape index (κ3) is 2.85. The first-order valence-electron chi connectivity index (χ1n) is 7.44. The normalized spacial score (nSPS) is 31.9. The van der Waals surface area contributed by atoms with Gasteiger partial charge in [0.15, 0.2) is 0 Å². The maximum Gasteiger partial charge on any atom is 0.0685 e. The van der Waals surface area contributed by atoms with Crippen LogP contribution in [0.5, 0.6) is 0 Å². The molecule has 1 spiro atoms. The van der Waals surface area contributed by atoms with Gasteiger partial charge in [-0.05, 0) is 43.4 Å². The first kappa shape index (κ1) is 13.4. The second kappa shape index (κ2) is 5.27. The summed E-state index contributed by atoms with van der Waals surface area (Å²) in [5.74, 6) is 1.99. The summed E-state index contributed by atoms with van der Waals surface area (Å²) in [7, 11) is 0. The molecule has 0 radical (unpaired) electrons. The monoisotopic (exact) mass is 239 g/mol. The fraction of sp³-hybridized carbons (Fsp3) is 1.00. The topological polar surface area (TPSA) is 35.2 Å². The average molecular weight is 239 g/mol. The summed E-state index contributed by atoms with van der Waals surface area (Å²) >= 11 is 0. The molecular weight excluding hydrogens is 210 g/mol. The quantitative estimate of drug-likeness (QED) is 0.819. The van der Waals surface area contributed by atoms with Crippen LogP contribution >= 0.6 is 0 Å². The van der Waals surface area contributed by atoms with Crippen molar-refractivity contribution in [2.45, 2.75) is 70.9 Å². The Morgan fingerprint density at radius 3 is 2.41 bits per heavy atom. The average Bonchev–Trinajstić information content (AvgIpc) is 2.75. The molecule has 2 aliphatic rings. The second-order valence-corrected chi connectivity index (χ2v) is 6.67. The lowest BCUT2D eigenvalue weighted by molar-refractivity contribution is -0.0992. The molecule has 1 saturated carbocycles. The number of rotatable bonds is 3. The van der Waals surface area contributed by atoms with Gasteiger partial charge in [-0.15, -0.1) is 0 Å². The van der Waals surface area contributed by atoms with Crippen molar-refractivity contribution in [2.24, 2.45) is 23.5 Å².